The van der Waals surface area contributed by atoms with Crippen LogP contribution in [0.3, 0.4) is 0 Å². The number of nitrogens with one attached hydrogen (secondary N) is 2. The van der Waals surface area contributed by atoms with Gasteiger partial charge in [0.15, 0.2) is 12.4 Å². The molecule has 0 aromatic carbocycles. The first kappa shape index (κ1) is 25.7. The number of alkyl halides is 3. The van der Waals surface area contributed by atoms with Crippen molar-refractivity contribution in [3.05, 3.63) is 29.8 Å². The molecule has 1 amide bonds. The van der Waals surface area contributed by atoms with Gasteiger partial charge in [-0.25, -0.2) is 4.98 Å². The second kappa shape index (κ2) is 11.1. The molecule has 196 valence electrons. The Labute approximate surface area is 206 Å². The van der Waals surface area contributed by atoms with Crippen molar-refractivity contribution in [2.75, 3.05) is 57.0 Å². The molecule has 2 aliphatic heterocycles. The highest BCUT2D eigenvalue weighted by atomic mass is 19.4. The van der Waals surface area contributed by atoms with E-state index < -0.39 is 11.7 Å². The number of carbonyl (C=O) groups is 1. The number of anilines is 3. The molecule has 0 spiro atoms. The lowest BCUT2D eigenvalue weighted by Gasteiger charge is -2.28. The second-order valence-corrected chi connectivity index (χ2v) is 8.87. The molecule has 36 heavy (non-hydrogen) atoms. The largest absolute Gasteiger partial charge is 0.492 e. The Morgan fingerprint density at radius 1 is 1.19 bits per heavy atom. The first-order valence-electron chi connectivity index (χ1n) is 11.8. The lowest BCUT2D eigenvalue weighted by Crippen LogP contribution is -2.34. The monoisotopic (exact) mass is 509 g/mol. The summed E-state index contributed by atoms with van der Waals surface area (Å²) in [6.07, 6.45) is 1.56. The van der Waals surface area contributed by atoms with Gasteiger partial charge in [0.05, 0.1) is 12.3 Å². The van der Waals surface area contributed by atoms with Crippen molar-refractivity contribution in [2.24, 2.45) is 0 Å². The Kier molecular flexibility index (Phi) is 7.91. The Hall–Kier alpha value is -3.42. The van der Waals surface area contributed by atoms with E-state index in [1.54, 1.807) is 22.7 Å². The fraction of sp³-hybridized carbons (Fsp3) is 0.591. The summed E-state index contributed by atoms with van der Waals surface area (Å²) in [5.41, 5.74) is -0.367. The Bertz CT molecular complexity index is 1080. The zero-order valence-electron chi connectivity index (χ0n) is 20.3. The Morgan fingerprint density at radius 3 is 2.72 bits per heavy atom. The average molecular weight is 510 g/mol. The molecule has 2 aliphatic rings. The molecule has 2 aromatic heterocycles. The minimum absolute atomic E-state index is 0.0194. The average Bonchev–Trinajstić information content (AvgIpc) is 3.06. The normalized spacial score (nSPS) is 17.7. The maximum atomic E-state index is 13.6. The first-order chi connectivity index (χ1) is 17.2. The van der Waals surface area contributed by atoms with E-state index in [0.29, 0.717) is 31.0 Å². The molecule has 2 aromatic rings. The summed E-state index contributed by atoms with van der Waals surface area (Å²) < 4.78 is 45.7. The summed E-state index contributed by atoms with van der Waals surface area (Å²) in [5.74, 6) is -0.137. The molecule has 4 rings (SSSR count). The molecule has 0 aliphatic carbocycles. The second-order valence-electron chi connectivity index (χ2n) is 8.87. The van der Waals surface area contributed by atoms with E-state index in [-0.39, 0.29) is 36.9 Å². The van der Waals surface area contributed by atoms with Gasteiger partial charge in [-0.15, -0.1) is 5.10 Å². The van der Waals surface area contributed by atoms with Gasteiger partial charge in [-0.1, -0.05) is 0 Å². The van der Waals surface area contributed by atoms with Gasteiger partial charge >= 0.3 is 6.18 Å². The van der Waals surface area contributed by atoms with Crippen molar-refractivity contribution < 1.29 is 22.7 Å². The summed E-state index contributed by atoms with van der Waals surface area (Å²) in [7, 11) is 2.07. The van der Waals surface area contributed by atoms with E-state index in [2.05, 4.69) is 42.7 Å². The summed E-state index contributed by atoms with van der Waals surface area (Å²) in [6.45, 7) is 4.56. The van der Waals surface area contributed by atoms with Crippen molar-refractivity contribution in [3.63, 3.8) is 0 Å². The van der Waals surface area contributed by atoms with Crippen LogP contribution in [0.2, 0.25) is 0 Å². The van der Waals surface area contributed by atoms with Crippen LogP contribution in [0.25, 0.3) is 0 Å². The highest BCUT2D eigenvalue weighted by Gasteiger charge is 2.35. The van der Waals surface area contributed by atoms with Gasteiger partial charge in [-0.2, -0.15) is 28.1 Å². The van der Waals surface area contributed by atoms with Crippen molar-refractivity contribution in [2.45, 2.75) is 38.4 Å². The van der Waals surface area contributed by atoms with Crippen molar-refractivity contribution >= 4 is 23.5 Å². The van der Waals surface area contributed by atoms with Crippen LogP contribution in [0, 0.1) is 6.92 Å². The number of ether oxygens (including phenoxy) is 1. The van der Waals surface area contributed by atoms with Gasteiger partial charge in [-0.05, 0) is 52.4 Å². The zero-order valence-corrected chi connectivity index (χ0v) is 20.3. The molecular formula is C22H30F3N9O2. The van der Waals surface area contributed by atoms with Crippen molar-refractivity contribution in [1.29, 1.82) is 0 Å². The third-order valence-electron chi connectivity index (χ3n) is 6.11. The fourth-order valence-electron chi connectivity index (χ4n) is 4.04. The lowest BCUT2D eigenvalue weighted by atomic mass is 10.1. The zero-order chi connectivity index (χ0) is 25.7. The van der Waals surface area contributed by atoms with E-state index >= 15 is 0 Å². The van der Waals surface area contributed by atoms with E-state index in [1.807, 2.05) is 0 Å². The SMILES string of the molecule is Cc1nn(C2CCN(C)CC2)nc1Nc1ncc(C(F)(F)F)c(NCCCN2CC=COCC2=O)n1. The maximum Gasteiger partial charge on any atom is 0.421 e. The molecule has 1 fully saturated rings. The predicted molar refractivity (Wildman–Crippen MR) is 126 cm³/mol. The summed E-state index contributed by atoms with van der Waals surface area (Å²) in [4.78, 5) is 25.4. The number of likely N-dealkylation sites (tertiary alicyclic amines) is 1. The number of aryl methyl sites for hydroxylation is 1. The smallest absolute Gasteiger partial charge is 0.421 e. The first-order valence-corrected chi connectivity index (χ1v) is 11.8. The lowest BCUT2D eigenvalue weighted by molar-refractivity contribution is -0.137. The van der Waals surface area contributed by atoms with E-state index in [1.165, 1.54) is 6.26 Å². The van der Waals surface area contributed by atoms with E-state index in [4.69, 9.17) is 4.74 Å². The molecule has 11 nitrogen and oxygen atoms in total. The fourth-order valence-corrected chi connectivity index (χ4v) is 4.04. The number of piperidine rings is 1. The molecule has 0 atom stereocenters. The molecule has 4 heterocycles. The third-order valence-corrected chi connectivity index (χ3v) is 6.11. The van der Waals surface area contributed by atoms with Crippen LogP contribution in [0.15, 0.2) is 18.5 Å². The molecule has 1 saturated heterocycles. The number of halogens is 3. The molecule has 0 unspecified atom stereocenters. The highest BCUT2D eigenvalue weighted by Crippen LogP contribution is 2.34. The molecule has 0 saturated carbocycles. The third kappa shape index (κ3) is 6.42. The number of amides is 1. The van der Waals surface area contributed by atoms with Crippen LogP contribution in [0.4, 0.5) is 30.8 Å². The summed E-state index contributed by atoms with van der Waals surface area (Å²) in [6, 6.07) is 0.166. The number of rotatable bonds is 8. The Balaban J connectivity index is 1.42. The van der Waals surface area contributed by atoms with Crippen molar-refractivity contribution in [3.8, 4) is 0 Å². The van der Waals surface area contributed by atoms with Crippen LogP contribution in [-0.4, -0.2) is 87.0 Å². The maximum absolute atomic E-state index is 13.6. The molecule has 14 heteroatoms. The van der Waals surface area contributed by atoms with E-state index in [0.717, 1.165) is 32.1 Å². The van der Waals surface area contributed by atoms with Gasteiger partial charge in [0.1, 0.15) is 17.1 Å². The summed E-state index contributed by atoms with van der Waals surface area (Å²) in [5, 5.41) is 14.6. The number of hydrogen-bond acceptors (Lipinski definition) is 9. The van der Waals surface area contributed by atoms with Crippen LogP contribution in [0.1, 0.15) is 36.6 Å². The minimum atomic E-state index is -4.63. The molecular weight excluding hydrogens is 479 g/mol. The van der Waals surface area contributed by atoms with Gasteiger partial charge in [0, 0.05) is 25.8 Å². The predicted octanol–water partition coefficient (Wildman–Crippen LogP) is 2.58. The number of carbonyl (C=O) groups excluding carboxylic acids is 1. The standard InChI is InChI=1S/C22H30F3N9O2/c1-15-19(31-34(30-15)16-5-10-32(2)11-6-16)28-21-27-13-17(22(23,24)25)20(29-21)26-7-3-8-33-9-4-12-36-14-18(33)35/h4,12-13,16H,3,5-11,14H2,1-2H3,(H2,26,27,28,29,31). The van der Waals surface area contributed by atoms with Gasteiger partial charge in [0.2, 0.25) is 5.95 Å². The van der Waals surface area contributed by atoms with Crippen LogP contribution in [0.5, 0.6) is 0 Å². The Morgan fingerprint density at radius 2 is 1.97 bits per heavy atom. The highest BCUT2D eigenvalue weighted by molar-refractivity contribution is 5.77. The number of aromatic nitrogens is 5. The molecule has 0 radical (unpaired) electrons. The quantitative estimate of drug-likeness (QED) is 0.519. The van der Waals surface area contributed by atoms with Crippen molar-refractivity contribution in [1.82, 2.24) is 34.8 Å². The van der Waals surface area contributed by atoms with Gasteiger partial charge < -0.3 is 25.2 Å². The van der Waals surface area contributed by atoms with Crippen LogP contribution >= 0.6 is 0 Å². The van der Waals surface area contributed by atoms with Crippen LogP contribution in [-0.2, 0) is 15.7 Å². The van der Waals surface area contributed by atoms with Gasteiger partial charge in [-0.3, -0.25) is 4.79 Å². The summed E-state index contributed by atoms with van der Waals surface area (Å²) >= 11 is 0. The van der Waals surface area contributed by atoms with Crippen LogP contribution < -0.4 is 10.6 Å². The molecule has 2 N–H and O–H groups in total. The molecule has 0 bridgehead atoms. The van der Waals surface area contributed by atoms with Gasteiger partial charge in [0.25, 0.3) is 5.91 Å². The minimum Gasteiger partial charge on any atom is -0.492 e. The van der Waals surface area contributed by atoms with E-state index in [9.17, 15) is 18.0 Å². The number of nitrogens with zero attached hydrogens (tertiary/aromatic N) is 7. The number of hydrogen-bond donors (Lipinski definition) is 2. The topological polar surface area (TPSA) is 113 Å².